The second kappa shape index (κ2) is 6.48. The van der Waals surface area contributed by atoms with Gasteiger partial charge in [0.25, 0.3) is 0 Å². The van der Waals surface area contributed by atoms with Crippen LogP contribution < -0.4 is 5.73 Å². The van der Waals surface area contributed by atoms with Crippen LogP contribution in [-0.2, 0) is 6.42 Å². The fraction of sp³-hybridized carbons (Fsp3) is 0.136. The van der Waals surface area contributed by atoms with Gasteiger partial charge in [0.05, 0.1) is 34.2 Å². The highest BCUT2D eigenvalue weighted by molar-refractivity contribution is 6.09. The van der Waals surface area contributed by atoms with Crippen LogP contribution in [0.5, 0.6) is 0 Å². The molecule has 2 heterocycles. The molecule has 0 aliphatic heterocycles. The largest absolute Gasteiger partial charge is 0.397 e. The number of anilines is 1. The van der Waals surface area contributed by atoms with Crippen molar-refractivity contribution in [2.24, 2.45) is 0 Å². The van der Waals surface area contributed by atoms with Crippen molar-refractivity contribution >= 4 is 22.5 Å². The maximum atomic E-state index is 14.3. The normalized spacial score (nSPS) is 16.2. The minimum absolute atomic E-state index is 0.162. The maximum absolute atomic E-state index is 14.3. The lowest BCUT2D eigenvalue weighted by Crippen LogP contribution is -2.22. The smallest absolute Gasteiger partial charge is 0.167 e. The van der Waals surface area contributed by atoms with Crippen molar-refractivity contribution in [3.63, 3.8) is 0 Å². The Morgan fingerprint density at radius 3 is 2.69 bits per heavy atom. The number of rotatable bonds is 2. The van der Waals surface area contributed by atoms with Gasteiger partial charge >= 0.3 is 0 Å². The number of nitrogen functional groups attached to an aromatic ring is 1. The Morgan fingerprint density at radius 2 is 1.90 bits per heavy atom. The molecule has 2 N–H and O–H groups in total. The van der Waals surface area contributed by atoms with Crippen molar-refractivity contribution in [1.82, 2.24) is 14.8 Å². The van der Waals surface area contributed by atoms with Gasteiger partial charge in [-0.05, 0) is 42.2 Å². The zero-order chi connectivity index (χ0) is 20.1. The van der Waals surface area contributed by atoms with Crippen LogP contribution in [0.2, 0.25) is 0 Å². The second-order valence-electron chi connectivity index (χ2n) is 7.17. The number of carbonyl (C=O) groups excluding carboxylic acids is 1. The number of Topliss-reactive ketones (excluding diaryl/α,β-unsaturated/α-hetero) is 1. The molecule has 0 bridgehead atoms. The minimum Gasteiger partial charge on any atom is -0.397 e. The molecule has 1 aliphatic rings. The first kappa shape index (κ1) is 17.5. The molecule has 1 aliphatic carbocycles. The van der Waals surface area contributed by atoms with Crippen molar-refractivity contribution in [2.75, 3.05) is 5.73 Å². The molecule has 1 unspecified atom stereocenters. The summed E-state index contributed by atoms with van der Waals surface area (Å²) < 4.78 is 29.4. The molecule has 0 spiro atoms. The number of fused-ring (bicyclic) bond motifs is 2. The Balaban J connectivity index is 1.67. The van der Waals surface area contributed by atoms with E-state index in [-0.39, 0.29) is 23.9 Å². The summed E-state index contributed by atoms with van der Waals surface area (Å²) in [6.45, 7) is 0. The third kappa shape index (κ3) is 2.77. The predicted octanol–water partition coefficient (Wildman–Crippen LogP) is 4.19. The zero-order valence-corrected chi connectivity index (χ0v) is 15.3. The van der Waals surface area contributed by atoms with Crippen LogP contribution in [-0.4, -0.2) is 20.5 Å². The number of halogens is 2. The van der Waals surface area contributed by atoms with Crippen molar-refractivity contribution in [2.45, 2.75) is 18.8 Å². The number of nitrogens with two attached hydrogens (primary N) is 1. The number of benzene rings is 2. The van der Waals surface area contributed by atoms with Gasteiger partial charge in [0.15, 0.2) is 11.4 Å². The highest BCUT2D eigenvalue weighted by Crippen LogP contribution is 2.38. The van der Waals surface area contributed by atoms with E-state index in [2.05, 4.69) is 10.1 Å². The number of ketones is 1. The molecule has 1 atom stereocenters. The molecular formula is C22H16F2N4O. The maximum Gasteiger partial charge on any atom is 0.167 e. The first-order valence-electron chi connectivity index (χ1n) is 9.22. The van der Waals surface area contributed by atoms with E-state index in [9.17, 15) is 13.6 Å². The topological polar surface area (TPSA) is 73.8 Å². The van der Waals surface area contributed by atoms with Gasteiger partial charge in [0.2, 0.25) is 0 Å². The zero-order valence-electron chi connectivity index (χ0n) is 15.3. The van der Waals surface area contributed by atoms with Crippen LogP contribution >= 0.6 is 0 Å². The highest BCUT2D eigenvalue weighted by Gasteiger charge is 2.32. The third-order valence-electron chi connectivity index (χ3n) is 5.38. The van der Waals surface area contributed by atoms with E-state index in [0.29, 0.717) is 45.6 Å². The van der Waals surface area contributed by atoms with E-state index < -0.39 is 5.82 Å². The van der Waals surface area contributed by atoms with Crippen LogP contribution in [0.4, 0.5) is 14.5 Å². The van der Waals surface area contributed by atoms with E-state index in [1.807, 2.05) is 0 Å². The molecular weight excluding hydrogens is 374 g/mol. The van der Waals surface area contributed by atoms with Gasteiger partial charge in [0.1, 0.15) is 11.6 Å². The summed E-state index contributed by atoms with van der Waals surface area (Å²) in [7, 11) is 0. The minimum atomic E-state index is -0.396. The Labute approximate surface area is 164 Å². The number of hydrogen-bond donors (Lipinski definition) is 1. The Hall–Kier alpha value is -3.61. The summed E-state index contributed by atoms with van der Waals surface area (Å²) in [5.74, 6) is -1.21. The SMILES string of the molecule is Nc1c2c(nc3c1cnn3-c1cccc(F)c1)CC(c1ccccc1F)CC2=O. The summed E-state index contributed by atoms with van der Waals surface area (Å²) >= 11 is 0. The van der Waals surface area contributed by atoms with E-state index in [1.54, 1.807) is 30.3 Å². The average Bonchev–Trinajstić information content (AvgIpc) is 3.12. The molecule has 4 aromatic rings. The number of nitrogens with zero attached hydrogens (tertiary/aromatic N) is 3. The van der Waals surface area contributed by atoms with Gasteiger partial charge in [-0.25, -0.2) is 18.4 Å². The van der Waals surface area contributed by atoms with E-state index in [1.165, 1.54) is 29.1 Å². The van der Waals surface area contributed by atoms with E-state index >= 15 is 0 Å². The lowest BCUT2D eigenvalue weighted by Gasteiger charge is -2.24. The monoisotopic (exact) mass is 390 g/mol. The number of carbonyl (C=O) groups is 1. The van der Waals surface area contributed by atoms with Gasteiger partial charge in [-0.15, -0.1) is 0 Å². The van der Waals surface area contributed by atoms with Gasteiger partial charge in [0, 0.05) is 6.42 Å². The van der Waals surface area contributed by atoms with Crippen LogP contribution in [0, 0.1) is 11.6 Å². The summed E-state index contributed by atoms with van der Waals surface area (Å²) in [6, 6.07) is 12.4. The molecule has 29 heavy (non-hydrogen) atoms. The summed E-state index contributed by atoms with van der Waals surface area (Å²) in [5, 5.41) is 4.82. The number of hydrogen-bond acceptors (Lipinski definition) is 4. The fourth-order valence-corrected chi connectivity index (χ4v) is 4.03. The molecule has 5 nitrogen and oxygen atoms in total. The van der Waals surface area contributed by atoms with E-state index in [4.69, 9.17) is 5.73 Å². The Morgan fingerprint density at radius 1 is 1.07 bits per heavy atom. The Kier molecular flexibility index (Phi) is 3.91. The molecule has 0 amide bonds. The summed E-state index contributed by atoms with van der Waals surface area (Å²) in [5.41, 5.74) is 8.93. The van der Waals surface area contributed by atoms with Crippen molar-refractivity contribution in [3.8, 4) is 5.69 Å². The average molecular weight is 390 g/mol. The van der Waals surface area contributed by atoms with Gasteiger partial charge in [-0.2, -0.15) is 5.10 Å². The highest BCUT2D eigenvalue weighted by atomic mass is 19.1. The third-order valence-corrected chi connectivity index (χ3v) is 5.38. The molecule has 0 saturated heterocycles. The van der Waals surface area contributed by atoms with Crippen LogP contribution in [0.25, 0.3) is 16.7 Å². The van der Waals surface area contributed by atoms with Gasteiger partial charge in [-0.1, -0.05) is 24.3 Å². The molecule has 2 aromatic carbocycles. The lowest BCUT2D eigenvalue weighted by atomic mass is 9.80. The molecule has 2 aromatic heterocycles. The first-order chi connectivity index (χ1) is 14.0. The predicted molar refractivity (Wildman–Crippen MR) is 105 cm³/mol. The number of pyridine rings is 1. The molecule has 0 radical (unpaired) electrons. The molecule has 0 saturated carbocycles. The second-order valence-corrected chi connectivity index (χ2v) is 7.17. The molecule has 0 fully saturated rings. The summed E-state index contributed by atoms with van der Waals surface area (Å²) in [6.07, 6.45) is 2.08. The first-order valence-corrected chi connectivity index (χ1v) is 9.22. The van der Waals surface area contributed by atoms with Crippen LogP contribution in [0.1, 0.15) is 34.0 Å². The molecule has 144 valence electrons. The van der Waals surface area contributed by atoms with Crippen LogP contribution in [0.15, 0.2) is 54.7 Å². The van der Waals surface area contributed by atoms with Crippen molar-refractivity contribution in [1.29, 1.82) is 0 Å². The lowest BCUT2D eigenvalue weighted by molar-refractivity contribution is 0.0964. The van der Waals surface area contributed by atoms with E-state index in [0.717, 1.165) is 0 Å². The van der Waals surface area contributed by atoms with Gasteiger partial charge < -0.3 is 5.73 Å². The van der Waals surface area contributed by atoms with Gasteiger partial charge in [-0.3, -0.25) is 4.79 Å². The van der Waals surface area contributed by atoms with Crippen molar-refractivity contribution in [3.05, 3.63) is 83.2 Å². The van der Waals surface area contributed by atoms with Crippen molar-refractivity contribution < 1.29 is 13.6 Å². The number of aromatic nitrogens is 3. The summed E-state index contributed by atoms with van der Waals surface area (Å²) in [4.78, 5) is 17.5. The molecule has 7 heteroatoms. The Bertz CT molecular complexity index is 1280. The standard InChI is InChI=1S/C22H16F2N4O/c23-13-4-3-5-14(10-13)28-22-16(11-26-28)21(25)20-18(27-22)8-12(9-19(20)29)15-6-1-2-7-17(15)24/h1-7,10-12H,8-9H2,(H2,25,27). The quantitative estimate of drug-likeness (QED) is 0.557. The fourth-order valence-electron chi connectivity index (χ4n) is 4.03. The molecule has 5 rings (SSSR count). The van der Waals surface area contributed by atoms with Crippen LogP contribution in [0.3, 0.4) is 0 Å².